The predicted octanol–water partition coefficient (Wildman–Crippen LogP) is 1.63. The predicted molar refractivity (Wildman–Crippen MR) is 104 cm³/mol. The van der Waals surface area contributed by atoms with E-state index in [0.29, 0.717) is 9.87 Å². The highest BCUT2D eigenvalue weighted by Crippen LogP contribution is 2.33. The van der Waals surface area contributed by atoms with Gasteiger partial charge in [0.1, 0.15) is 16.5 Å². The van der Waals surface area contributed by atoms with E-state index >= 15 is 0 Å². The van der Waals surface area contributed by atoms with Crippen LogP contribution >= 0.6 is 0 Å². The van der Waals surface area contributed by atoms with Gasteiger partial charge in [-0.15, -0.1) is 0 Å². The second-order valence-electron chi connectivity index (χ2n) is 6.57. The van der Waals surface area contributed by atoms with Crippen molar-refractivity contribution in [2.45, 2.75) is 18.4 Å². The number of hydrogen-bond donors (Lipinski definition) is 1. The summed E-state index contributed by atoms with van der Waals surface area (Å²) in [5.41, 5.74) is 0.443. The first kappa shape index (κ1) is 21.2. The number of ether oxygens (including phenoxy) is 1. The van der Waals surface area contributed by atoms with E-state index in [0.717, 1.165) is 6.07 Å². The summed E-state index contributed by atoms with van der Waals surface area (Å²) in [4.78, 5) is 12.0. The average Bonchev–Trinajstić information content (AvgIpc) is 2.87. The summed E-state index contributed by atoms with van der Waals surface area (Å²) in [6, 6.07) is 8.95. The SMILES string of the molecule is COc1ccc(N2C(=O)C(C)CS2(=O)=O)cc1S(=O)(=O)NCc1ccc(F)cc1. The number of nitrogens with zero attached hydrogens (tertiary/aromatic N) is 1. The zero-order chi connectivity index (χ0) is 21.4. The first-order chi connectivity index (χ1) is 13.5. The Morgan fingerprint density at radius 3 is 2.41 bits per heavy atom. The fourth-order valence-corrected chi connectivity index (χ4v) is 5.96. The number of anilines is 1. The van der Waals surface area contributed by atoms with Crippen LogP contribution in [0.3, 0.4) is 0 Å². The molecule has 1 atom stereocenters. The Morgan fingerprint density at radius 1 is 1.21 bits per heavy atom. The summed E-state index contributed by atoms with van der Waals surface area (Å²) >= 11 is 0. The van der Waals surface area contributed by atoms with Gasteiger partial charge in [-0.3, -0.25) is 4.79 Å². The van der Waals surface area contributed by atoms with E-state index in [4.69, 9.17) is 4.74 Å². The van der Waals surface area contributed by atoms with Gasteiger partial charge in [-0.1, -0.05) is 19.1 Å². The maximum absolute atomic E-state index is 13.0. The number of methoxy groups -OCH3 is 1. The highest BCUT2D eigenvalue weighted by Gasteiger charge is 2.42. The Bertz CT molecular complexity index is 1150. The van der Waals surface area contributed by atoms with Crippen molar-refractivity contribution in [1.82, 2.24) is 4.72 Å². The molecule has 1 fully saturated rings. The third-order valence-electron chi connectivity index (χ3n) is 4.41. The number of rotatable bonds is 6. The second-order valence-corrected chi connectivity index (χ2v) is 10.2. The Kier molecular flexibility index (Phi) is 5.65. The number of sulfonamides is 2. The molecule has 0 aromatic heterocycles. The van der Waals surface area contributed by atoms with Crippen molar-refractivity contribution in [2.24, 2.45) is 5.92 Å². The van der Waals surface area contributed by atoms with Gasteiger partial charge in [-0.2, -0.15) is 0 Å². The lowest BCUT2D eigenvalue weighted by atomic mass is 10.2. The van der Waals surface area contributed by atoms with Gasteiger partial charge < -0.3 is 4.74 Å². The fraction of sp³-hybridized carbons (Fsp3) is 0.278. The maximum Gasteiger partial charge on any atom is 0.244 e. The summed E-state index contributed by atoms with van der Waals surface area (Å²) in [7, 11) is -6.75. The zero-order valence-electron chi connectivity index (χ0n) is 15.6. The second kappa shape index (κ2) is 7.73. The highest BCUT2D eigenvalue weighted by atomic mass is 32.2. The average molecular weight is 442 g/mol. The standard InChI is InChI=1S/C18H19FN2O6S2/c1-12-11-28(23,24)21(18(12)22)15-7-8-16(27-2)17(9-15)29(25,26)20-10-13-3-5-14(19)6-4-13/h3-9,12,20H,10-11H2,1-2H3. The molecule has 1 aliphatic rings. The molecular formula is C18H19FN2O6S2. The smallest absolute Gasteiger partial charge is 0.244 e. The van der Waals surface area contributed by atoms with E-state index in [1.54, 1.807) is 0 Å². The summed E-state index contributed by atoms with van der Waals surface area (Å²) in [5.74, 6) is -2.16. The van der Waals surface area contributed by atoms with Crippen LogP contribution in [0.4, 0.5) is 10.1 Å². The van der Waals surface area contributed by atoms with Crippen LogP contribution in [0.5, 0.6) is 5.75 Å². The van der Waals surface area contributed by atoms with E-state index in [1.165, 1.54) is 50.4 Å². The fourth-order valence-electron chi connectivity index (χ4n) is 2.95. The monoisotopic (exact) mass is 442 g/mol. The molecule has 0 radical (unpaired) electrons. The quantitative estimate of drug-likeness (QED) is 0.728. The zero-order valence-corrected chi connectivity index (χ0v) is 17.3. The topological polar surface area (TPSA) is 110 Å². The van der Waals surface area contributed by atoms with Crippen molar-refractivity contribution in [3.8, 4) is 5.75 Å². The van der Waals surface area contributed by atoms with Crippen LogP contribution in [-0.4, -0.2) is 35.6 Å². The molecule has 0 saturated carbocycles. The third kappa shape index (κ3) is 4.26. The Labute approximate surface area is 168 Å². The lowest BCUT2D eigenvalue weighted by Crippen LogP contribution is -2.31. The lowest BCUT2D eigenvalue weighted by molar-refractivity contribution is -0.119. The molecule has 3 rings (SSSR count). The Balaban J connectivity index is 1.96. The molecule has 0 aliphatic carbocycles. The largest absolute Gasteiger partial charge is 0.495 e. The minimum absolute atomic E-state index is 0.0163. The Hall–Kier alpha value is -2.50. The van der Waals surface area contributed by atoms with E-state index in [-0.39, 0.29) is 28.6 Å². The molecule has 1 N–H and O–H groups in total. The Morgan fingerprint density at radius 2 is 1.86 bits per heavy atom. The highest BCUT2D eigenvalue weighted by molar-refractivity contribution is 7.94. The van der Waals surface area contributed by atoms with Crippen LogP contribution in [-0.2, 0) is 31.4 Å². The molecule has 0 spiro atoms. The van der Waals surface area contributed by atoms with Gasteiger partial charge in [0.25, 0.3) is 0 Å². The molecule has 29 heavy (non-hydrogen) atoms. The van der Waals surface area contributed by atoms with Gasteiger partial charge in [-0.25, -0.2) is 30.3 Å². The van der Waals surface area contributed by atoms with Crippen molar-refractivity contribution in [1.29, 1.82) is 0 Å². The van der Waals surface area contributed by atoms with Crippen molar-refractivity contribution in [3.05, 3.63) is 53.8 Å². The molecule has 1 amide bonds. The molecule has 11 heteroatoms. The lowest BCUT2D eigenvalue weighted by Gasteiger charge is -2.18. The van der Waals surface area contributed by atoms with Gasteiger partial charge in [-0.05, 0) is 35.9 Å². The number of hydrogen-bond acceptors (Lipinski definition) is 6. The minimum atomic E-state index is -4.13. The van der Waals surface area contributed by atoms with Gasteiger partial charge >= 0.3 is 0 Å². The van der Waals surface area contributed by atoms with Crippen LogP contribution < -0.4 is 13.8 Å². The van der Waals surface area contributed by atoms with Crippen LogP contribution in [0.25, 0.3) is 0 Å². The maximum atomic E-state index is 13.0. The first-order valence-electron chi connectivity index (χ1n) is 8.54. The molecular weight excluding hydrogens is 423 g/mol. The minimum Gasteiger partial charge on any atom is -0.495 e. The van der Waals surface area contributed by atoms with Gasteiger partial charge in [0.05, 0.1) is 24.5 Å². The number of amides is 1. The summed E-state index contributed by atoms with van der Waals surface area (Å²) in [6.07, 6.45) is 0. The summed E-state index contributed by atoms with van der Waals surface area (Å²) in [5, 5.41) is 0. The van der Waals surface area contributed by atoms with Crippen molar-refractivity contribution in [2.75, 3.05) is 17.2 Å². The molecule has 2 aromatic carbocycles. The van der Waals surface area contributed by atoms with Crippen LogP contribution in [0.2, 0.25) is 0 Å². The number of carbonyl (C=O) groups excluding carboxylic acids is 1. The number of halogens is 1. The first-order valence-corrected chi connectivity index (χ1v) is 11.6. The summed E-state index contributed by atoms with van der Waals surface area (Å²) < 4.78 is 71.3. The molecule has 2 aromatic rings. The molecule has 1 saturated heterocycles. The van der Waals surface area contributed by atoms with E-state index in [9.17, 15) is 26.0 Å². The summed E-state index contributed by atoms with van der Waals surface area (Å²) in [6.45, 7) is 1.37. The van der Waals surface area contributed by atoms with Crippen molar-refractivity contribution < 1.29 is 30.8 Å². The number of nitrogens with one attached hydrogen (secondary N) is 1. The number of benzene rings is 2. The van der Waals surface area contributed by atoms with Crippen LogP contribution in [0.15, 0.2) is 47.4 Å². The van der Waals surface area contributed by atoms with E-state index in [1.807, 2.05) is 0 Å². The van der Waals surface area contributed by atoms with Gasteiger partial charge in [0.2, 0.25) is 26.0 Å². The molecule has 1 aliphatic heterocycles. The van der Waals surface area contributed by atoms with Gasteiger partial charge in [0.15, 0.2) is 0 Å². The van der Waals surface area contributed by atoms with Gasteiger partial charge in [0, 0.05) is 6.54 Å². The molecule has 0 bridgehead atoms. The van der Waals surface area contributed by atoms with Crippen LogP contribution in [0, 0.1) is 11.7 Å². The van der Waals surface area contributed by atoms with Crippen molar-refractivity contribution in [3.63, 3.8) is 0 Å². The van der Waals surface area contributed by atoms with Crippen LogP contribution in [0.1, 0.15) is 12.5 Å². The van der Waals surface area contributed by atoms with E-state index < -0.39 is 37.7 Å². The van der Waals surface area contributed by atoms with Crippen molar-refractivity contribution >= 4 is 31.6 Å². The molecule has 8 nitrogen and oxygen atoms in total. The third-order valence-corrected chi connectivity index (χ3v) is 7.70. The number of carbonyl (C=O) groups is 1. The normalized spacial score (nSPS) is 18.8. The molecule has 1 unspecified atom stereocenters. The molecule has 1 heterocycles. The molecule has 156 valence electrons. The van der Waals surface area contributed by atoms with E-state index in [2.05, 4.69) is 4.72 Å².